The van der Waals surface area contributed by atoms with Crippen LogP contribution >= 0.6 is 0 Å². The van der Waals surface area contributed by atoms with E-state index in [4.69, 9.17) is 5.73 Å². The number of hydrogen-bond acceptors (Lipinski definition) is 2. The summed E-state index contributed by atoms with van der Waals surface area (Å²) in [5.74, 6) is 0.0509. The number of carbonyl (C=O) groups is 1. The molecule has 1 saturated heterocycles. The highest BCUT2D eigenvalue weighted by atomic mass is 19.4. The summed E-state index contributed by atoms with van der Waals surface area (Å²) in [5.41, 5.74) is 6.05. The number of rotatable bonds is 2. The Morgan fingerprint density at radius 3 is 2.50 bits per heavy atom. The highest BCUT2D eigenvalue weighted by Crippen LogP contribution is 2.49. The van der Waals surface area contributed by atoms with E-state index in [1.54, 1.807) is 0 Å². The number of nitrogens with zero attached hydrogens (tertiary/aromatic N) is 1. The number of nitrogens with two attached hydrogens (primary N) is 1. The van der Waals surface area contributed by atoms with E-state index >= 15 is 0 Å². The van der Waals surface area contributed by atoms with E-state index < -0.39 is 11.7 Å². The average molecular weight is 312 g/mol. The molecule has 22 heavy (non-hydrogen) atoms. The van der Waals surface area contributed by atoms with Gasteiger partial charge in [0.2, 0.25) is 5.91 Å². The van der Waals surface area contributed by atoms with Crippen LogP contribution in [0.4, 0.5) is 13.2 Å². The van der Waals surface area contributed by atoms with E-state index in [0.29, 0.717) is 6.54 Å². The molecule has 1 aliphatic carbocycles. The van der Waals surface area contributed by atoms with E-state index in [2.05, 4.69) is 0 Å². The number of halogens is 3. The van der Waals surface area contributed by atoms with Crippen molar-refractivity contribution in [1.82, 2.24) is 4.90 Å². The maximum Gasteiger partial charge on any atom is 0.416 e. The number of carbonyl (C=O) groups excluding carboxylic acids is 1. The van der Waals surface area contributed by atoms with Crippen LogP contribution in [-0.2, 0) is 11.0 Å². The fourth-order valence-corrected chi connectivity index (χ4v) is 3.20. The molecule has 2 aliphatic rings. The van der Waals surface area contributed by atoms with Crippen molar-refractivity contribution in [2.45, 2.75) is 37.4 Å². The van der Waals surface area contributed by atoms with Gasteiger partial charge in [-0.1, -0.05) is 12.1 Å². The van der Waals surface area contributed by atoms with Gasteiger partial charge in [-0.3, -0.25) is 4.79 Å². The van der Waals surface area contributed by atoms with Crippen molar-refractivity contribution in [1.29, 1.82) is 0 Å². The van der Waals surface area contributed by atoms with Gasteiger partial charge < -0.3 is 10.6 Å². The lowest BCUT2D eigenvalue weighted by atomic mass is 10.0. The largest absolute Gasteiger partial charge is 0.416 e. The molecule has 0 spiro atoms. The molecule has 0 bridgehead atoms. The molecule has 1 heterocycles. The molecule has 1 amide bonds. The molecule has 1 saturated carbocycles. The molecule has 3 rings (SSSR count). The third kappa shape index (κ3) is 3.11. The Kier molecular flexibility index (Phi) is 3.89. The molecule has 120 valence electrons. The van der Waals surface area contributed by atoms with Crippen molar-refractivity contribution in [3.8, 4) is 0 Å². The molecule has 1 aromatic carbocycles. The van der Waals surface area contributed by atoms with Gasteiger partial charge in [0.15, 0.2) is 0 Å². The molecule has 1 aromatic rings. The summed E-state index contributed by atoms with van der Waals surface area (Å²) in [5, 5.41) is 0. The summed E-state index contributed by atoms with van der Waals surface area (Å²) >= 11 is 0. The second-order valence-corrected chi connectivity index (χ2v) is 6.26. The molecular formula is C16H19F3N2O. The molecule has 2 fully saturated rings. The van der Waals surface area contributed by atoms with Crippen LogP contribution < -0.4 is 5.73 Å². The lowest BCUT2D eigenvalue weighted by Gasteiger charge is -2.31. The number of likely N-dealkylation sites (tertiary alicyclic amines) is 1. The molecule has 2 N–H and O–H groups in total. The summed E-state index contributed by atoms with van der Waals surface area (Å²) < 4.78 is 37.6. The van der Waals surface area contributed by atoms with E-state index in [-0.39, 0.29) is 23.8 Å². The van der Waals surface area contributed by atoms with Gasteiger partial charge in [-0.05, 0) is 42.9 Å². The zero-order valence-electron chi connectivity index (χ0n) is 12.1. The standard InChI is InChI=1S/C16H19F3N2O/c17-16(18,19)11-5-3-10(4-6-11)13-8-14(13)15(22)21-7-1-2-12(20)9-21/h3-6,12-14H,1-2,7-9,20H2/t12-,13-,14+/m1/s1. The van der Waals surface area contributed by atoms with Crippen LogP contribution in [0.15, 0.2) is 24.3 Å². The molecule has 6 heteroatoms. The number of piperidine rings is 1. The van der Waals surface area contributed by atoms with Crippen molar-refractivity contribution >= 4 is 5.91 Å². The Morgan fingerprint density at radius 1 is 1.23 bits per heavy atom. The van der Waals surface area contributed by atoms with E-state index in [1.807, 2.05) is 4.90 Å². The smallest absolute Gasteiger partial charge is 0.341 e. The highest BCUT2D eigenvalue weighted by Gasteiger charge is 2.46. The lowest BCUT2D eigenvalue weighted by Crippen LogP contribution is -2.46. The summed E-state index contributed by atoms with van der Waals surface area (Å²) in [7, 11) is 0. The van der Waals surface area contributed by atoms with Crippen LogP contribution in [0.1, 0.15) is 36.3 Å². The first kappa shape index (κ1) is 15.3. The lowest BCUT2D eigenvalue weighted by molar-refractivity contribution is -0.137. The monoisotopic (exact) mass is 312 g/mol. The first-order valence-corrected chi connectivity index (χ1v) is 7.58. The minimum absolute atomic E-state index is 0.0426. The SMILES string of the molecule is N[C@@H]1CCCN(C(=O)[C@H]2C[C@@H]2c2ccc(C(F)(F)F)cc2)C1. The van der Waals surface area contributed by atoms with Crippen LogP contribution in [0.3, 0.4) is 0 Å². The summed E-state index contributed by atoms with van der Waals surface area (Å²) in [6.07, 6.45) is -1.74. The maximum atomic E-state index is 12.5. The van der Waals surface area contributed by atoms with E-state index in [9.17, 15) is 18.0 Å². The number of benzene rings is 1. The minimum Gasteiger partial charge on any atom is -0.341 e. The van der Waals surface area contributed by atoms with Gasteiger partial charge in [0.25, 0.3) is 0 Å². The van der Waals surface area contributed by atoms with Crippen LogP contribution in [0.25, 0.3) is 0 Å². The third-order valence-electron chi connectivity index (χ3n) is 4.54. The quantitative estimate of drug-likeness (QED) is 0.913. The molecule has 3 atom stereocenters. The molecule has 0 unspecified atom stereocenters. The second-order valence-electron chi connectivity index (χ2n) is 6.26. The van der Waals surface area contributed by atoms with E-state index in [1.165, 1.54) is 12.1 Å². The Labute approximate surface area is 127 Å². The van der Waals surface area contributed by atoms with Crippen molar-refractivity contribution in [3.05, 3.63) is 35.4 Å². The van der Waals surface area contributed by atoms with E-state index in [0.717, 1.165) is 43.5 Å². The zero-order chi connectivity index (χ0) is 15.9. The van der Waals surface area contributed by atoms with Crippen molar-refractivity contribution < 1.29 is 18.0 Å². The normalized spacial score (nSPS) is 28.5. The third-order valence-corrected chi connectivity index (χ3v) is 4.54. The fraction of sp³-hybridized carbons (Fsp3) is 0.562. The molecule has 1 aliphatic heterocycles. The Morgan fingerprint density at radius 2 is 1.91 bits per heavy atom. The van der Waals surface area contributed by atoms with Crippen LogP contribution in [0.2, 0.25) is 0 Å². The predicted octanol–water partition coefficient (Wildman–Crippen LogP) is 2.76. The fourth-order valence-electron chi connectivity index (χ4n) is 3.20. The Hall–Kier alpha value is -1.56. The highest BCUT2D eigenvalue weighted by molar-refractivity contribution is 5.83. The Balaban J connectivity index is 1.63. The number of alkyl halides is 3. The zero-order valence-corrected chi connectivity index (χ0v) is 12.1. The molecule has 3 nitrogen and oxygen atoms in total. The average Bonchev–Trinajstić information content (AvgIpc) is 3.26. The van der Waals surface area contributed by atoms with Gasteiger partial charge >= 0.3 is 6.18 Å². The number of amides is 1. The maximum absolute atomic E-state index is 12.5. The summed E-state index contributed by atoms with van der Waals surface area (Å²) in [6.45, 7) is 1.33. The first-order chi connectivity index (χ1) is 10.4. The van der Waals surface area contributed by atoms with Crippen molar-refractivity contribution in [3.63, 3.8) is 0 Å². The number of hydrogen-bond donors (Lipinski definition) is 1. The van der Waals surface area contributed by atoms with Gasteiger partial charge in [0, 0.05) is 25.0 Å². The van der Waals surface area contributed by atoms with Gasteiger partial charge in [-0.2, -0.15) is 13.2 Å². The second kappa shape index (κ2) is 5.57. The topological polar surface area (TPSA) is 46.3 Å². The minimum atomic E-state index is -4.32. The molecular weight excluding hydrogens is 293 g/mol. The summed E-state index contributed by atoms with van der Waals surface area (Å²) in [4.78, 5) is 14.2. The molecule has 0 aromatic heterocycles. The van der Waals surface area contributed by atoms with Crippen LogP contribution in [-0.4, -0.2) is 29.9 Å². The molecule has 0 radical (unpaired) electrons. The van der Waals surface area contributed by atoms with Gasteiger partial charge in [0.1, 0.15) is 0 Å². The summed E-state index contributed by atoms with van der Waals surface area (Å²) in [6, 6.07) is 5.20. The predicted molar refractivity (Wildman–Crippen MR) is 76.1 cm³/mol. The van der Waals surface area contributed by atoms with Crippen LogP contribution in [0, 0.1) is 5.92 Å². The van der Waals surface area contributed by atoms with Gasteiger partial charge in [0.05, 0.1) is 5.56 Å². The van der Waals surface area contributed by atoms with Crippen molar-refractivity contribution in [2.24, 2.45) is 11.7 Å². The van der Waals surface area contributed by atoms with Crippen molar-refractivity contribution in [2.75, 3.05) is 13.1 Å². The first-order valence-electron chi connectivity index (χ1n) is 7.58. The van der Waals surface area contributed by atoms with Gasteiger partial charge in [-0.25, -0.2) is 0 Å². The van der Waals surface area contributed by atoms with Crippen LogP contribution in [0.5, 0.6) is 0 Å². The van der Waals surface area contributed by atoms with Gasteiger partial charge in [-0.15, -0.1) is 0 Å². The Bertz CT molecular complexity index is 556.